The maximum atomic E-state index is 3.62. The van der Waals surface area contributed by atoms with E-state index >= 15 is 0 Å². The standard InChI is InChI=1S/C33H49Br/c1-22(2)7-6-8-23(3)29-15-16-30-28-14-11-26-21-25(24-9-12-27(34)13-10-24)17-19-32(26,4)31(28)18-20-33(29,30)5/h9-13,22-23,25,28-31H,6-8,14-21H2,1-5H3/t23-,25+,28+,29-,30+,31+,32+,33-/m1/s1. The Morgan fingerprint density at radius 3 is 2.41 bits per heavy atom. The molecule has 0 bridgehead atoms. The Morgan fingerprint density at radius 2 is 1.68 bits per heavy atom. The van der Waals surface area contributed by atoms with Crippen molar-refractivity contribution in [2.45, 2.75) is 111 Å². The van der Waals surface area contributed by atoms with E-state index in [-0.39, 0.29) is 0 Å². The molecule has 0 spiro atoms. The highest BCUT2D eigenvalue weighted by molar-refractivity contribution is 9.10. The number of benzene rings is 1. The summed E-state index contributed by atoms with van der Waals surface area (Å²) in [7, 11) is 0. The second-order valence-electron chi connectivity index (χ2n) is 13.8. The Hall–Kier alpha value is -0.560. The summed E-state index contributed by atoms with van der Waals surface area (Å²) in [5.41, 5.74) is 4.45. The third-order valence-corrected chi connectivity index (χ3v) is 12.2. The van der Waals surface area contributed by atoms with E-state index in [0.717, 1.165) is 41.4 Å². The topological polar surface area (TPSA) is 0 Å². The van der Waals surface area contributed by atoms with Crippen LogP contribution >= 0.6 is 15.9 Å². The fourth-order valence-electron chi connectivity index (χ4n) is 9.70. The second-order valence-corrected chi connectivity index (χ2v) is 14.7. The van der Waals surface area contributed by atoms with Gasteiger partial charge < -0.3 is 0 Å². The highest BCUT2D eigenvalue weighted by atomic mass is 79.9. The van der Waals surface area contributed by atoms with Gasteiger partial charge >= 0.3 is 0 Å². The molecule has 0 amide bonds. The minimum absolute atomic E-state index is 0.469. The van der Waals surface area contributed by atoms with Crippen LogP contribution in [0.3, 0.4) is 0 Å². The first kappa shape index (κ1) is 25.1. The van der Waals surface area contributed by atoms with E-state index in [1.54, 1.807) is 5.56 Å². The normalized spacial score (nSPS) is 40.3. The lowest BCUT2D eigenvalue weighted by atomic mass is 9.46. The van der Waals surface area contributed by atoms with Crippen molar-refractivity contribution in [2.75, 3.05) is 0 Å². The summed E-state index contributed by atoms with van der Waals surface area (Å²) in [5, 5.41) is 0. The Bertz CT molecular complexity index is 880. The van der Waals surface area contributed by atoms with Gasteiger partial charge in [-0.3, -0.25) is 0 Å². The van der Waals surface area contributed by atoms with Crippen molar-refractivity contribution in [1.82, 2.24) is 0 Å². The number of allylic oxidation sites excluding steroid dienone is 2. The van der Waals surface area contributed by atoms with Gasteiger partial charge in [0.15, 0.2) is 0 Å². The minimum Gasteiger partial charge on any atom is -0.0845 e. The summed E-state index contributed by atoms with van der Waals surface area (Å²) >= 11 is 3.62. The highest BCUT2D eigenvalue weighted by Gasteiger charge is 2.59. The number of halogens is 1. The molecule has 4 aliphatic rings. The molecule has 0 heterocycles. The fraction of sp³-hybridized carbons (Fsp3) is 0.758. The molecule has 0 aliphatic heterocycles. The van der Waals surface area contributed by atoms with Crippen LogP contribution in [-0.2, 0) is 0 Å². The smallest absolute Gasteiger partial charge is 0.0175 e. The van der Waals surface area contributed by atoms with E-state index in [0.29, 0.717) is 10.8 Å². The van der Waals surface area contributed by atoms with Gasteiger partial charge in [0.2, 0.25) is 0 Å². The fourth-order valence-corrected chi connectivity index (χ4v) is 9.97. The molecule has 1 aromatic carbocycles. The molecule has 34 heavy (non-hydrogen) atoms. The lowest BCUT2D eigenvalue weighted by molar-refractivity contribution is -0.0510. The first-order valence-electron chi connectivity index (χ1n) is 14.7. The van der Waals surface area contributed by atoms with Gasteiger partial charge in [0.05, 0.1) is 0 Å². The first-order valence-corrected chi connectivity index (χ1v) is 15.5. The van der Waals surface area contributed by atoms with Crippen LogP contribution in [0.5, 0.6) is 0 Å². The predicted molar refractivity (Wildman–Crippen MR) is 150 cm³/mol. The van der Waals surface area contributed by atoms with Crippen molar-refractivity contribution in [1.29, 1.82) is 0 Å². The van der Waals surface area contributed by atoms with Gasteiger partial charge in [0.1, 0.15) is 0 Å². The maximum Gasteiger partial charge on any atom is 0.0175 e. The van der Waals surface area contributed by atoms with E-state index in [9.17, 15) is 0 Å². The Kier molecular flexibility index (Phi) is 7.18. The average Bonchev–Trinajstić information content (AvgIpc) is 3.16. The third-order valence-electron chi connectivity index (χ3n) is 11.6. The molecule has 0 N–H and O–H groups in total. The SMILES string of the molecule is CC(C)CCC[C@@H](C)[C@H]1CC[C@H]2[C@@H]3CC=C4C[C@@H](c5ccc(Br)cc5)CC[C@]4(C)[C@H]3CC[C@]12C. The van der Waals surface area contributed by atoms with Gasteiger partial charge in [-0.15, -0.1) is 0 Å². The molecular weight excluding hydrogens is 476 g/mol. The van der Waals surface area contributed by atoms with Crippen LogP contribution in [0.2, 0.25) is 0 Å². The molecule has 5 rings (SSSR count). The zero-order chi connectivity index (χ0) is 24.1. The minimum atomic E-state index is 0.469. The van der Waals surface area contributed by atoms with Crippen molar-refractivity contribution in [3.05, 3.63) is 46.0 Å². The monoisotopic (exact) mass is 524 g/mol. The van der Waals surface area contributed by atoms with Crippen molar-refractivity contribution in [3.8, 4) is 0 Å². The van der Waals surface area contributed by atoms with Crippen molar-refractivity contribution >= 4 is 15.9 Å². The molecule has 188 valence electrons. The third kappa shape index (κ3) is 4.39. The zero-order valence-corrected chi connectivity index (χ0v) is 24.2. The summed E-state index contributed by atoms with van der Waals surface area (Å²) < 4.78 is 1.20. The van der Waals surface area contributed by atoms with Crippen molar-refractivity contribution in [2.24, 2.45) is 46.3 Å². The van der Waals surface area contributed by atoms with Gasteiger partial charge in [-0.2, -0.15) is 0 Å². The molecule has 0 unspecified atom stereocenters. The van der Waals surface area contributed by atoms with Crippen LogP contribution in [-0.4, -0.2) is 0 Å². The van der Waals surface area contributed by atoms with Gasteiger partial charge in [-0.1, -0.05) is 93.6 Å². The molecule has 8 atom stereocenters. The largest absolute Gasteiger partial charge is 0.0845 e. The molecule has 4 aliphatic carbocycles. The Morgan fingerprint density at radius 1 is 0.912 bits per heavy atom. The molecule has 1 aromatic rings. The number of fused-ring (bicyclic) bond motifs is 5. The van der Waals surface area contributed by atoms with Gasteiger partial charge in [0.25, 0.3) is 0 Å². The maximum absolute atomic E-state index is 3.62. The summed E-state index contributed by atoms with van der Waals surface area (Å²) in [5.74, 6) is 6.32. The Balaban J connectivity index is 1.30. The first-order chi connectivity index (χ1) is 16.2. The molecule has 3 saturated carbocycles. The Labute approximate surface area is 218 Å². The van der Waals surface area contributed by atoms with Crippen LogP contribution in [0, 0.1) is 46.3 Å². The predicted octanol–water partition coefficient (Wildman–Crippen LogP) is 10.6. The summed E-state index contributed by atoms with van der Waals surface area (Å²) in [6.07, 6.45) is 18.5. The summed E-state index contributed by atoms with van der Waals surface area (Å²) in [6, 6.07) is 9.18. The summed E-state index contributed by atoms with van der Waals surface area (Å²) in [6.45, 7) is 12.8. The van der Waals surface area contributed by atoms with Crippen molar-refractivity contribution in [3.63, 3.8) is 0 Å². The van der Waals surface area contributed by atoms with E-state index < -0.39 is 0 Å². The van der Waals surface area contributed by atoms with Crippen LogP contribution in [0.1, 0.15) is 117 Å². The van der Waals surface area contributed by atoms with Crippen LogP contribution in [0.15, 0.2) is 40.4 Å². The molecule has 0 radical (unpaired) electrons. The molecule has 3 fully saturated rings. The lowest BCUT2D eigenvalue weighted by Crippen LogP contribution is -2.50. The van der Waals surface area contributed by atoms with Gasteiger partial charge in [0, 0.05) is 4.47 Å². The van der Waals surface area contributed by atoms with Gasteiger partial charge in [-0.05, 0) is 121 Å². The lowest BCUT2D eigenvalue weighted by Gasteiger charge is -2.58. The molecule has 0 saturated heterocycles. The molecule has 1 heteroatoms. The molecular formula is C33H49Br. The number of hydrogen-bond donors (Lipinski definition) is 0. The van der Waals surface area contributed by atoms with E-state index in [2.05, 4.69) is 80.9 Å². The van der Waals surface area contributed by atoms with Crippen LogP contribution in [0.4, 0.5) is 0 Å². The quantitative estimate of drug-likeness (QED) is 0.324. The van der Waals surface area contributed by atoms with Crippen molar-refractivity contribution < 1.29 is 0 Å². The number of hydrogen-bond acceptors (Lipinski definition) is 0. The van der Waals surface area contributed by atoms with E-state index in [4.69, 9.17) is 0 Å². The van der Waals surface area contributed by atoms with E-state index in [1.807, 2.05) is 5.57 Å². The van der Waals surface area contributed by atoms with Gasteiger partial charge in [-0.25, -0.2) is 0 Å². The van der Waals surface area contributed by atoms with Crippen LogP contribution in [0.25, 0.3) is 0 Å². The molecule has 0 aromatic heterocycles. The average molecular weight is 526 g/mol. The zero-order valence-electron chi connectivity index (χ0n) is 22.6. The van der Waals surface area contributed by atoms with Crippen LogP contribution < -0.4 is 0 Å². The summed E-state index contributed by atoms with van der Waals surface area (Å²) in [4.78, 5) is 0. The second kappa shape index (κ2) is 9.72. The van der Waals surface area contributed by atoms with E-state index in [1.165, 1.54) is 75.1 Å². The highest BCUT2D eigenvalue weighted by Crippen LogP contribution is 2.68. The number of rotatable bonds is 6. The molecule has 0 nitrogen and oxygen atoms in total.